The van der Waals surface area contributed by atoms with Crippen LogP contribution in [-0.4, -0.2) is 39.6 Å². The summed E-state index contributed by atoms with van der Waals surface area (Å²) in [6.07, 6.45) is 4.69. The third-order valence-electron chi connectivity index (χ3n) is 4.89. The van der Waals surface area contributed by atoms with Crippen LogP contribution in [0.5, 0.6) is 5.75 Å². The van der Waals surface area contributed by atoms with Crippen molar-refractivity contribution in [3.8, 4) is 11.4 Å². The number of aryl methyl sites for hydroxylation is 2. The summed E-state index contributed by atoms with van der Waals surface area (Å²) in [5.41, 5.74) is 5.34. The highest BCUT2D eigenvalue weighted by Gasteiger charge is 2.11. The zero-order chi connectivity index (χ0) is 22.4. The van der Waals surface area contributed by atoms with Crippen LogP contribution in [0.25, 0.3) is 11.8 Å². The lowest BCUT2D eigenvalue weighted by Gasteiger charge is -2.10. The Morgan fingerprint density at radius 2 is 1.77 bits per heavy atom. The van der Waals surface area contributed by atoms with Crippen molar-refractivity contribution in [2.45, 2.75) is 20.8 Å². The summed E-state index contributed by atoms with van der Waals surface area (Å²) < 4.78 is 2.15. The standard InChI is InChI=1S/C24H26N4O3/c1-16-6-9-20(10-7-16)28-17(2)15-19(18(28)3)8-11-22(30)25-13-14-27-24(31)23-21(29)5-4-12-26-23/h4-12,15,29H,13-14H2,1-3H3,(H,25,30)(H,27,31). The number of rotatable bonds is 7. The van der Waals surface area contributed by atoms with E-state index in [9.17, 15) is 14.7 Å². The molecule has 31 heavy (non-hydrogen) atoms. The van der Waals surface area contributed by atoms with Gasteiger partial charge in [-0.2, -0.15) is 0 Å². The number of nitrogens with zero attached hydrogens (tertiary/aromatic N) is 2. The monoisotopic (exact) mass is 418 g/mol. The van der Waals surface area contributed by atoms with E-state index in [0.717, 1.165) is 22.6 Å². The molecule has 3 rings (SSSR count). The highest BCUT2D eigenvalue weighted by molar-refractivity contribution is 5.95. The van der Waals surface area contributed by atoms with Gasteiger partial charge < -0.3 is 20.3 Å². The minimum absolute atomic E-state index is 0.0438. The average Bonchev–Trinajstić information content (AvgIpc) is 3.03. The number of amides is 2. The summed E-state index contributed by atoms with van der Waals surface area (Å²) in [5, 5.41) is 15.0. The quantitative estimate of drug-likeness (QED) is 0.406. The Labute approximate surface area is 181 Å². The van der Waals surface area contributed by atoms with Crippen LogP contribution in [0.1, 0.15) is 33.0 Å². The fourth-order valence-electron chi connectivity index (χ4n) is 3.29. The van der Waals surface area contributed by atoms with Gasteiger partial charge in [-0.3, -0.25) is 9.59 Å². The fraction of sp³-hybridized carbons (Fsp3) is 0.208. The summed E-state index contributed by atoms with van der Waals surface area (Å²) in [6.45, 7) is 6.58. The molecule has 160 valence electrons. The summed E-state index contributed by atoms with van der Waals surface area (Å²) in [5.74, 6) is -0.934. The molecule has 7 heteroatoms. The van der Waals surface area contributed by atoms with E-state index in [2.05, 4.69) is 51.4 Å². The molecule has 0 bridgehead atoms. The van der Waals surface area contributed by atoms with E-state index in [-0.39, 0.29) is 30.4 Å². The Hall–Kier alpha value is -3.87. The molecule has 0 saturated heterocycles. The zero-order valence-electron chi connectivity index (χ0n) is 17.8. The van der Waals surface area contributed by atoms with Gasteiger partial charge in [0.15, 0.2) is 5.69 Å². The third kappa shape index (κ3) is 5.39. The van der Waals surface area contributed by atoms with Crippen LogP contribution >= 0.6 is 0 Å². The van der Waals surface area contributed by atoms with E-state index in [0.29, 0.717) is 0 Å². The number of pyridine rings is 1. The van der Waals surface area contributed by atoms with E-state index < -0.39 is 5.91 Å². The number of benzene rings is 1. The van der Waals surface area contributed by atoms with Crippen LogP contribution in [0.4, 0.5) is 0 Å². The minimum Gasteiger partial charge on any atom is -0.505 e. The second-order valence-corrected chi connectivity index (χ2v) is 7.25. The van der Waals surface area contributed by atoms with Crippen LogP contribution < -0.4 is 10.6 Å². The van der Waals surface area contributed by atoms with Gasteiger partial charge in [-0.1, -0.05) is 17.7 Å². The molecule has 0 atom stereocenters. The summed E-state index contributed by atoms with van der Waals surface area (Å²) in [7, 11) is 0. The molecular weight excluding hydrogens is 392 g/mol. The predicted molar refractivity (Wildman–Crippen MR) is 120 cm³/mol. The van der Waals surface area contributed by atoms with Crippen molar-refractivity contribution in [1.82, 2.24) is 20.2 Å². The van der Waals surface area contributed by atoms with Crippen molar-refractivity contribution in [3.63, 3.8) is 0 Å². The van der Waals surface area contributed by atoms with E-state index in [1.807, 2.05) is 19.9 Å². The van der Waals surface area contributed by atoms with Gasteiger partial charge in [0, 0.05) is 42.4 Å². The van der Waals surface area contributed by atoms with Crippen LogP contribution in [0, 0.1) is 20.8 Å². The van der Waals surface area contributed by atoms with Gasteiger partial charge in [-0.05, 0) is 62.7 Å². The van der Waals surface area contributed by atoms with E-state index in [1.165, 1.54) is 30.0 Å². The molecule has 0 saturated carbocycles. The van der Waals surface area contributed by atoms with Gasteiger partial charge >= 0.3 is 0 Å². The third-order valence-corrected chi connectivity index (χ3v) is 4.89. The number of aromatic nitrogens is 2. The van der Waals surface area contributed by atoms with Crippen molar-refractivity contribution >= 4 is 17.9 Å². The number of carbonyl (C=O) groups excluding carboxylic acids is 2. The smallest absolute Gasteiger partial charge is 0.273 e. The lowest BCUT2D eigenvalue weighted by molar-refractivity contribution is -0.116. The van der Waals surface area contributed by atoms with E-state index >= 15 is 0 Å². The Morgan fingerprint density at radius 1 is 1.06 bits per heavy atom. The fourth-order valence-corrected chi connectivity index (χ4v) is 3.29. The first-order valence-electron chi connectivity index (χ1n) is 10.0. The number of hydrogen-bond acceptors (Lipinski definition) is 4. The predicted octanol–water partition coefficient (Wildman–Crippen LogP) is 3.06. The first-order valence-corrected chi connectivity index (χ1v) is 10.0. The molecule has 2 aromatic heterocycles. The topological polar surface area (TPSA) is 96.3 Å². The van der Waals surface area contributed by atoms with Crippen molar-refractivity contribution in [2.24, 2.45) is 0 Å². The molecule has 0 aliphatic rings. The van der Waals surface area contributed by atoms with Gasteiger partial charge in [0.1, 0.15) is 5.75 Å². The van der Waals surface area contributed by atoms with Crippen LogP contribution in [-0.2, 0) is 4.79 Å². The van der Waals surface area contributed by atoms with Gasteiger partial charge in [0.25, 0.3) is 5.91 Å². The second kappa shape index (κ2) is 9.75. The zero-order valence-corrected chi connectivity index (χ0v) is 17.8. The lowest BCUT2D eigenvalue weighted by atomic mass is 10.2. The second-order valence-electron chi connectivity index (χ2n) is 7.25. The van der Waals surface area contributed by atoms with Gasteiger partial charge in [-0.25, -0.2) is 4.98 Å². The number of carbonyl (C=O) groups is 2. The molecule has 7 nitrogen and oxygen atoms in total. The molecule has 0 aliphatic heterocycles. The molecule has 3 aromatic rings. The lowest BCUT2D eigenvalue weighted by Crippen LogP contribution is -2.34. The Bertz CT molecular complexity index is 1110. The van der Waals surface area contributed by atoms with E-state index in [1.54, 1.807) is 6.08 Å². The normalized spacial score (nSPS) is 10.9. The summed E-state index contributed by atoms with van der Waals surface area (Å²) in [6, 6.07) is 13.3. The first kappa shape index (κ1) is 21.8. The molecule has 3 N–H and O–H groups in total. The molecule has 2 amide bonds. The molecule has 0 aliphatic carbocycles. The average molecular weight is 418 g/mol. The van der Waals surface area contributed by atoms with Gasteiger partial charge in [0.05, 0.1) is 0 Å². The molecule has 0 unspecified atom stereocenters. The SMILES string of the molecule is Cc1ccc(-n2c(C)cc(C=CC(=O)NCCNC(=O)c3ncccc3O)c2C)cc1. The highest BCUT2D eigenvalue weighted by atomic mass is 16.3. The Balaban J connectivity index is 1.53. The van der Waals surface area contributed by atoms with Crippen molar-refractivity contribution in [3.05, 3.63) is 82.9 Å². The summed E-state index contributed by atoms with van der Waals surface area (Å²) in [4.78, 5) is 27.9. The number of aromatic hydroxyl groups is 1. The molecular formula is C24H26N4O3. The van der Waals surface area contributed by atoms with Crippen molar-refractivity contribution in [2.75, 3.05) is 13.1 Å². The maximum Gasteiger partial charge on any atom is 0.273 e. The van der Waals surface area contributed by atoms with Crippen LogP contribution in [0.3, 0.4) is 0 Å². The van der Waals surface area contributed by atoms with Crippen LogP contribution in [0.2, 0.25) is 0 Å². The maximum atomic E-state index is 12.1. The number of nitrogens with one attached hydrogen (secondary N) is 2. The largest absolute Gasteiger partial charge is 0.505 e. The molecule has 0 fully saturated rings. The highest BCUT2D eigenvalue weighted by Crippen LogP contribution is 2.22. The maximum absolute atomic E-state index is 12.1. The van der Waals surface area contributed by atoms with Crippen LogP contribution in [0.15, 0.2) is 54.7 Å². The Morgan fingerprint density at radius 3 is 2.48 bits per heavy atom. The molecule has 1 aromatic carbocycles. The Kier molecular flexibility index (Phi) is 6.87. The van der Waals surface area contributed by atoms with Crippen molar-refractivity contribution < 1.29 is 14.7 Å². The first-order chi connectivity index (χ1) is 14.9. The number of hydrogen-bond donors (Lipinski definition) is 3. The van der Waals surface area contributed by atoms with Gasteiger partial charge in [-0.15, -0.1) is 0 Å². The molecule has 2 heterocycles. The van der Waals surface area contributed by atoms with E-state index in [4.69, 9.17) is 0 Å². The molecule has 0 radical (unpaired) electrons. The minimum atomic E-state index is -0.494. The summed E-state index contributed by atoms with van der Waals surface area (Å²) >= 11 is 0. The van der Waals surface area contributed by atoms with Crippen molar-refractivity contribution in [1.29, 1.82) is 0 Å². The molecule has 0 spiro atoms. The van der Waals surface area contributed by atoms with Gasteiger partial charge in [0.2, 0.25) is 5.91 Å².